The van der Waals surface area contributed by atoms with E-state index in [1.165, 1.54) is 14.8 Å². The van der Waals surface area contributed by atoms with Crippen LogP contribution in [0.25, 0.3) is 0 Å². The summed E-state index contributed by atoms with van der Waals surface area (Å²) in [6, 6.07) is 6.53. The molecule has 0 radical (unpaired) electrons. The molecule has 0 aromatic heterocycles. The van der Waals surface area contributed by atoms with E-state index in [2.05, 4.69) is 32.0 Å². The minimum atomic E-state index is 0. The zero-order valence-corrected chi connectivity index (χ0v) is 8.49. The number of halogens is 1. The van der Waals surface area contributed by atoms with Crippen molar-refractivity contribution in [2.45, 2.75) is 13.8 Å². The molecule has 1 aromatic carbocycles. The van der Waals surface area contributed by atoms with E-state index in [-0.39, 0.29) is 12.4 Å². The van der Waals surface area contributed by atoms with Gasteiger partial charge in [-0.1, -0.05) is 0 Å². The molecule has 0 atom stereocenters. The largest absolute Gasteiger partial charge is 1.00 e. The molecule has 1 aromatic rings. The summed E-state index contributed by atoms with van der Waals surface area (Å²) in [6.07, 6.45) is 0. The first kappa shape index (κ1) is 10.3. The summed E-state index contributed by atoms with van der Waals surface area (Å²) in [7, 11) is 0. The smallest absolute Gasteiger partial charge is 1.00 e. The summed E-state index contributed by atoms with van der Waals surface area (Å²) >= 11 is 1.93. The van der Waals surface area contributed by atoms with E-state index in [0.717, 1.165) is 0 Å². The molecular weight excluding hydrogens is 156 g/mol. The van der Waals surface area contributed by atoms with Crippen molar-refractivity contribution in [1.82, 2.24) is 0 Å². The Morgan fingerprint density at radius 2 is 1.70 bits per heavy atom. The second kappa shape index (κ2) is 4.22. The van der Waals surface area contributed by atoms with Crippen LogP contribution < -0.4 is 16.1 Å². The monoisotopic (exact) mass is 164 g/mol. The summed E-state index contributed by atoms with van der Waals surface area (Å²) in [5.74, 6) is 0. The van der Waals surface area contributed by atoms with E-state index in [1.54, 1.807) is 0 Å². The molecule has 0 fully saturated rings. The molecule has 0 saturated heterocycles. The van der Waals surface area contributed by atoms with Crippen molar-refractivity contribution in [3.05, 3.63) is 29.3 Å². The zero-order chi connectivity index (χ0) is 6.85. The summed E-state index contributed by atoms with van der Waals surface area (Å²) in [4.78, 5) is 0. The third kappa shape index (κ3) is 2.49. The Hall–Kier alpha value is 0.276. The van der Waals surface area contributed by atoms with E-state index in [9.17, 15) is 0 Å². The van der Waals surface area contributed by atoms with Gasteiger partial charge in [-0.15, -0.1) is 0 Å². The Labute approximate surface area is 80.9 Å². The van der Waals surface area contributed by atoms with Crippen LogP contribution in [0.4, 0.5) is 0 Å². The zero-order valence-electron chi connectivity index (χ0n) is 6.32. The minimum absolute atomic E-state index is 0. The van der Waals surface area contributed by atoms with Crippen LogP contribution in [0.2, 0.25) is 0 Å². The normalized spacial score (nSPS) is 8.80. The van der Waals surface area contributed by atoms with Crippen molar-refractivity contribution >= 4 is 25.4 Å². The molecule has 0 amide bonds. The maximum Gasteiger partial charge on any atom is -1.00 e. The molecule has 0 aliphatic heterocycles. The van der Waals surface area contributed by atoms with Crippen molar-refractivity contribution in [1.29, 1.82) is 0 Å². The van der Waals surface area contributed by atoms with Gasteiger partial charge in [-0.25, -0.2) is 0 Å². The molecule has 0 N–H and O–H groups in total. The molecular formula is C8H9ClMg. The van der Waals surface area contributed by atoms with Gasteiger partial charge in [0.25, 0.3) is 0 Å². The maximum atomic E-state index is 2.22. The van der Waals surface area contributed by atoms with E-state index in [1.807, 2.05) is 21.7 Å². The first-order valence-corrected chi connectivity index (χ1v) is 3.80. The fourth-order valence-corrected chi connectivity index (χ4v) is 1.23. The molecule has 0 aliphatic carbocycles. The van der Waals surface area contributed by atoms with E-state index < -0.39 is 0 Å². The van der Waals surface area contributed by atoms with Gasteiger partial charge in [0.15, 0.2) is 0 Å². The van der Waals surface area contributed by atoms with Crippen LogP contribution in [-0.4, -0.2) is 21.7 Å². The minimum Gasteiger partial charge on any atom is -1.00 e. The van der Waals surface area contributed by atoms with Crippen molar-refractivity contribution in [2.24, 2.45) is 0 Å². The van der Waals surface area contributed by atoms with E-state index >= 15 is 0 Å². The molecule has 0 bridgehead atoms. The summed E-state index contributed by atoms with van der Waals surface area (Å²) in [6.45, 7) is 4.28. The van der Waals surface area contributed by atoms with Crippen LogP contribution >= 0.6 is 0 Å². The van der Waals surface area contributed by atoms with Crippen molar-refractivity contribution in [3.63, 3.8) is 0 Å². The van der Waals surface area contributed by atoms with E-state index in [4.69, 9.17) is 0 Å². The second-order valence-corrected chi connectivity index (χ2v) is 3.24. The van der Waals surface area contributed by atoms with Crippen LogP contribution in [0.1, 0.15) is 11.1 Å². The molecule has 0 spiro atoms. The predicted molar refractivity (Wildman–Crippen MR) is 41.3 cm³/mol. The number of hydrogen-bond acceptors (Lipinski definition) is 0. The quantitative estimate of drug-likeness (QED) is 0.394. The predicted octanol–water partition coefficient (Wildman–Crippen LogP) is -1.90. The molecule has 0 nitrogen and oxygen atoms in total. The molecule has 0 heterocycles. The van der Waals surface area contributed by atoms with Gasteiger partial charge in [0.05, 0.1) is 0 Å². The molecule has 2 heteroatoms. The fraction of sp³-hybridized carbons (Fsp3) is 0.250. The Morgan fingerprint density at radius 3 is 2.10 bits per heavy atom. The Balaban J connectivity index is 0.000000810. The maximum absolute atomic E-state index is 2.22. The number of hydrogen-bond donors (Lipinski definition) is 0. The van der Waals surface area contributed by atoms with Crippen LogP contribution in [0.3, 0.4) is 0 Å². The fourth-order valence-electron chi connectivity index (χ4n) is 0.804. The van der Waals surface area contributed by atoms with Crippen LogP contribution in [0.15, 0.2) is 18.2 Å². The number of aryl methyl sites for hydroxylation is 2. The Morgan fingerprint density at radius 1 is 1.10 bits per heavy atom. The number of benzene rings is 1. The van der Waals surface area contributed by atoms with E-state index in [0.29, 0.717) is 0 Å². The summed E-state index contributed by atoms with van der Waals surface area (Å²) in [5.41, 5.74) is 2.77. The first-order valence-electron chi connectivity index (χ1n) is 3.09. The van der Waals surface area contributed by atoms with Gasteiger partial charge >= 0.3 is 68.6 Å². The van der Waals surface area contributed by atoms with Gasteiger partial charge in [-0.3, -0.25) is 0 Å². The standard InChI is InChI=1S/C8H9.ClH.Mg/c1-7-5-3-4-6-8(7)2;;/h3,5-6H,1-2H3;1H;/q;;+1/p-1. The van der Waals surface area contributed by atoms with Crippen LogP contribution in [0, 0.1) is 13.8 Å². The Bertz CT molecular complexity index is 220. The molecule has 10 heavy (non-hydrogen) atoms. The average Bonchev–Trinajstić information content (AvgIpc) is 1.80. The second-order valence-electron chi connectivity index (χ2n) is 2.42. The van der Waals surface area contributed by atoms with Gasteiger partial charge in [-0.2, -0.15) is 0 Å². The van der Waals surface area contributed by atoms with Gasteiger partial charge in [0, 0.05) is 0 Å². The van der Waals surface area contributed by atoms with Crippen molar-refractivity contribution in [2.75, 3.05) is 0 Å². The van der Waals surface area contributed by atoms with Crippen LogP contribution in [0.5, 0.6) is 0 Å². The van der Waals surface area contributed by atoms with Crippen molar-refractivity contribution in [3.8, 4) is 0 Å². The average molecular weight is 165 g/mol. The summed E-state index contributed by atoms with van der Waals surface area (Å²) < 4.78 is 1.37. The van der Waals surface area contributed by atoms with Gasteiger partial charge in [-0.05, 0) is 0 Å². The molecule has 1 rings (SSSR count). The topological polar surface area (TPSA) is 0 Å². The third-order valence-electron chi connectivity index (χ3n) is 1.57. The molecule has 0 unspecified atom stereocenters. The summed E-state index contributed by atoms with van der Waals surface area (Å²) in [5, 5.41) is 0. The molecule has 50 valence electrons. The van der Waals surface area contributed by atoms with Gasteiger partial charge in [0.2, 0.25) is 0 Å². The first-order chi connectivity index (χ1) is 4.20. The third-order valence-corrected chi connectivity index (χ3v) is 2.01. The number of rotatable bonds is 0. The van der Waals surface area contributed by atoms with Gasteiger partial charge in [0.1, 0.15) is 0 Å². The Kier molecular flexibility index (Phi) is 4.33. The molecule has 0 aliphatic rings. The SMILES string of the molecule is Cc1cc[c]([Mg+])cc1C.[Cl-]. The van der Waals surface area contributed by atoms with Crippen LogP contribution in [-0.2, 0) is 0 Å². The van der Waals surface area contributed by atoms with Gasteiger partial charge < -0.3 is 12.4 Å². The molecule has 0 saturated carbocycles. The van der Waals surface area contributed by atoms with Crippen molar-refractivity contribution < 1.29 is 12.4 Å².